The van der Waals surface area contributed by atoms with Gasteiger partial charge >= 0.3 is 6.09 Å². The highest BCUT2D eigenvalue weighted by molar-refractivity contribution is 5.67. The number of rotatable bonds is 3. The average Bonchev–Trinajstić information content (AvgIpc) is 1.84. The monoisotopic (exact) mass is 176 g/mol. The maximum absolute atomic E-state index is 10.9. The van der Waals surface area contributed by atoms with Crippen LogP contribution < -0.4 is 10.8 Å². The van der Waals surface area contributed by atoms with Crippen LogP contribution in [0.2, 0.25) is 0 Å². The molecule has 72 valence electrons. The first kappa shape index (κ1) is 11.2. The molecule has 5 nitrogen and oxygen atoms in total. The van der Waals surface area contributed by atoms with E-state index in [1.165, 1.54) is 0 Å². The van der Waals surface area contributed by atoms with Crippen LogP contribution in [0.4, 0.5) is 4.79 Å². The molecule has 0 fully saturated rings. The lowest BCUT2D eigenvalue weighted by Crippen LogP contribution is -2.35. The average molecular weight is 176 g/mol. The zero-order valence-electron chi connectivity index (χ0n) is 7.68. The largest absolute Gasteiger partial charge is 0.444 e. The highest BCUT2D eigenvalue weighted by Gasteiger charge is 2.15. The minimum atomic E-state index is -0.475. The minimum Gasteiger partial charge on any atom is -0.444 e. The molecular formula is C7H16N2O3. The summed E-state index contributed by atoms with van der Waals surface area (Å²) in [6, 6.07) is 0. The van der Waals surface area contributed by atoms with Crippen LogP contribution in [0.25, 0.3) is 0 Å². The molecule has 0 atom stereocenters. The van der Waals surface area contributed by atoms with Gasteiger partial charge in [0.1, 0.15) is 5.60 Å². The molecule has 0 saturated heterocycles. The van der Waals surface area contributed by atoms with Crippen LogP contribution in [0.15, 0.2) is 0 Å². The molecule has 0 aromatic rings. The summed E-state index contributed by atoms with van der Waals surface area (Å²) in [4.78, 5) is 10.9. The van der Waals surface area contributed by atoms with Crippen molar-refractivity contribution in [3.05, 3.63) is 0 Å². The maximum atomic E-state index is 10.9. The molecule has 1 amide bonds. The Balaban J connectivity index is 3.47. The fourth-order valence-electron chi connectivity index (χ4n) is 0.535. The van der Waals surface area contributed by atoms with Crippen molar-refractivity contribution in [3.63, 3.8) is 0 Å². The first-order valence-corrected chi connectivity index (χ1v) is 3.79. The van der Waals surface area contributed by atoms with E-state index in [1.54, 1.807) is 20.8 Å². The smallest absolute Gasteiger partial charge is 0.407 e. The first-order chi connectivity index (χ1) is 5.45. The fraction of sp³-hybridized carbons (Fsp3) is 0.857. The SMILES string of the molecule is CC(C)(C)OC(=O)NCCNO. The fourth-order valence-corrected chi connectivity index (χ4v) is 0.535. The number of alkyl carbamates (subject to hydrolysis) is 1. The van der Waals surface area contributed by atoms with E-state index in [0.29, 0.717) is 13.1 Å². The van der Waals surface area contributed by atoms with Crippen molar-refractivity contribution in [2.45, 2.75) is 26.4 Å². The van der Waals surface area contributed by atoms with Crippen LogP contribution in [0.3, 0.4) is 0 Å². The maximum Gasteiger partial charge on any atom is 0.407 e. The molecule has 0 rings (SSSR count). The Labute approximate surface area is 72.1 Å². The number of hydrogen-bond donors (Lipinski definition) is 3. The summed E-state index contributed by atoms with van der Waals surface area (Å²) >= 11 is 0. The molecule has 0 aliphatic carbocycles. The van der Waals surface area contributed by atoms with Crippen LogP contribution in [0.5, 0.6) is 0 Å². The van der Waals surface area contributed by atoms with Crippen LogP contribution >= 0.6 is 0 Å². The Kier molecular flexibility index (Phi) is 4.61. The van der Waals surface area contributed by atoms with E-state index in [0.717, 1.165) is 0 Å². The molecule has 5 heteroatoms. The number of amides is 1. The van der Waals surface area contributed by atoms with E-state index < -0.39 is 11.7 Å². The molecule has 0 aromatic carbocycles. The quantitative estimate of drug-likeness (QED) is 0.432. The van der Waals surface area contributed by atoms with Crippen molar-refractivity contribution in [2.75, 3.05) is 13.1 Å². The highest BCUT2D eigenvalue weighted by atomic mass is 16.6. The summed E-state index contributed by atoms with van der Waals surface area (Å²) in [5.74, 6) is 0. The van der Waals surface area contributed by atoms with Gasteiger partial charge < -0.3 is 15.3 Å². The van der Waals surface area contributed by atoms with E-state index in [9.17, 15) is 4.79 Å². The lowest BCUT2D eigenvalue weighted by molar-refractivity contribution is 0.0521. The van der Waals surface area contributed by atoms with E-state index in [2.05, 4.69) is 5.32 Å². The minimum absolute atomic E-state index is 0.305. The van der Waals surface area contributed by atoms with Gasteiger partial charge in [0.15, 0.2) is 0 Å². The predicted octanol–water partition coefficient (Wildman–Crippen LogP) is 0.490. The number of carbonyl (C=O) groups excluding carboxylic acids is 1. The summed E-state index contributed by atoms with van der Waals surface area (Å²) in [6.45, 7) is 6.01. The lowest BCUT2D eigenvalue weighted by atomic mass is 10.2. The first-order valence-electron chi connectivity index (χ1n) is 3.79. The van der Waals surface area contributed by atoms with Crippen LogP contribution in [0.1, 0.15) is 20.8 Å². The Morgan fingerprint density at radius 3 is 2.42 bits per heavy atom. The van der Waals surface area contributed by atoms with Gasteiger partial charge in [0, 0.05) is 13.1 Å². The van der Waals surface area contributed by atoms with Gasteiger partial charge in [-0.1, -0.05) is 0 Å². The zero-order valence-corrected chi connectivity index (χ0v) is 7.68. The lowest BCUT2D eigenvalue weighted by Gasteiger charge is -2.19. The third-order valence-corrected chi connectivity index (χ3v) is 0.905. The predicted molar refractivity (Wildman–Crippen MR) is 44.0 cm³/mol. The molecule has 0 unspecified atom stereocenters. The molecule has 0 bridgehead atoms. The molecule has 0 aromatic heterocycles. The summed E-state index contributed by atoms with van der Waals surface area (Å²) < 4.78 is 4.92. The van der Waals surface area contributed by atoms with Crippen LogP contribution in [-0.2, 0) is 4.74 Å². The van der Waals surface area contributed by atoms with E-state index in [1.807, 2.05) is 5.48 Å². The topological polar surface area (TPSA) is 70.6 Å². The van der Waals surface area contributed by atoms with Crippen molar-refractivity contribution in [1.82, 2.24) is 10.8 Å². The van der Waals surface area contributed by atoms with Crippen molar-refractivity contribution in [2.24, 2.45) is 0 Å². The summed E-state index contributed by atoms with van der Waals surface area (Å²) in [5, 5.41) is 10.6. The number of hydroxylamine groups is 1. The van der Waals surface area contributed by atoms with Gasteiger partial charge in [-0.05, 0) is 20.8 Å². The van der Waals surface area contributed by atoms with Crippen molar-refractivity contribution in [1.29, 1.82) is 0 Å². The van der Waals surface area contributed by atoms with E-state index >= 15 is 0 Å². The molecule has 0 radical (unpaired) electrons. The molecule has 0 saturated carbocycles. The van der Waals surface area contributed by atoms with Gasteiger partial charge in [-0.2, -0.15) is 0 Å². The van der Waals surface area contributed by atoms with Crippen molar-refractivity contribution in [3.8, 4) is 0 Å². The Morgan fingerprint density at radius 2 is 2.00 bits per heavy atom. The van der Waals surface area contributed by atoms with Crippen LogP contribution in [-0.4, -0.2) is 30.0 Å². The number of nitrogens with one attached hydrogen (secondary N) is 2. The third-order valence-electron chi connectivity index (χ3n) is 0.905. The Morgan fingerprint density at radius 1 is 1.42 bits per heavy atom. The Hall–Kier alpha value is -0.810. The normalized spacial score (nSPS) is 11.0. The molecular weight excluding hydrogens is 160 g/mol. The van der Waals surface area contributed by atoms with Gasteiger partial charge in [0.2, 0.25) is 0 Å². The van der Waals surface area contributed by atoms with Gasteiger partial charge in [0.05, 0.1) is 0 Å². The zero-order chi connectivity index (χ0) is 9.61. The van der Waals surface area contributed by atoms with Gasteiger partial charge in [0.25, 0.3) is 0 Å². The van der Waals surface area contributed by atoms with Crippen molar-refractivity contribution >= 4 is 6.09 Å². The molecule has 0 aliphatic heterocycles. The summed E-state index contributed by atoms with van der Waals surface area (Å²) in [5.41, 5.74) is 1.44. The number of carbonyl (C=O) groups is 1. The van der Waals surface area contributed by atoms with E-state index in [-0.39, 0.29) is 0 Å². The molecule has 0 heterocycles. The molecule has 3 N–H and O–H groups in total. The molecule has 0 aliphatic rings. The second-order valence-corrected chi connectivity index (χ2v) is 3.34. The summed E-state index contributed by atoms with van der Waals surface area (Å²) in [7, 11) is 0. The van der Waals surface area contributed by atoms with Crippen LogP contribution in [0, 0.1) is 0 Å². The number of ether oxygens (including phenoxy) is 1. The molecule has 0 spiro atoms. The number of hydrogen-bond acceptors (Lipinski definition) is 4. The second kappa shape index (κ2) is 4.95. The van der Waals surface area contributed by atoms with E-state index in [4.69, 9.17) is 9.94 Å². The summed E-state index contributed by atoms with van der Waals surface area (Å²) in [6.07, 6.45) is -0.474. The Bertz CT molecular complexity index is 142. The standard InChI is InChI=1S/C7H16N2O3/c1-7(2,3)12-6(10)8-4-5-9-11/h9,11H,4-5H2,1-3H3,(H,8,10). The van der Waals surface area contributed by atoms with Crippen molar-refractivity contribution < 1.29 is 14.7 Å². The van der Waals surface area contributed by atoms with Gasteiger partial charge in [-0.3, -0.25) is 0 Å². The third kappa shape index (κ3) is 7.30. The second-order valence-electron chi connectivity index (χ2n) is 3.34. The van der Waals surface area contributed by atoms with Gasteiger partial charge in [-0.25, -0.2) is 10.3 Å². The van der Waals surface area contributed by atoms with Gasteiger partial charge in [-0.15, -0.1) is 0 Å². The molecule has 12 heavy (non-hydrogen) atoms. The highest BCUT2D eigenvalue weighted by Crippen LogP contribution is 2.05.